The number of fused-ring (bicyclic) bond motifs is 1. The molecule has 1 aliphatic rings. The Kier molecular flexibility index (Phi) is 5.29. The van der Waals surface area contributed by atoms with E-state index in [0.717, 1.165) is 5.39 Å². The monoisotopic (exact) mass is 447 g/mol. The Balaban J connectivity index is 1.60. The van der Waals surface area contributed by atoms with Gasteiger partial charge < -0.3 is 4.98 Å². The van der Waals surface area contributed by atoms with Crippen LogP contribution < -0.4 is 0 Å². The molecular formula is C19H16F3N7OS. The second kappa shape index (κ2) is 7.80. The summed E-state index contributed by atoms with van der Waals surface area (Å²) in [4.78, 5) is 7.20. The van der Waals surface area contributed by atoms with Crippen molar-refractivity contribution in [3.8, 4) is 23.3 Å². The standard InChI is InChI=1S/C19H16F3N7OS/c20-19(21,22)3-6-31(30)28-11-18(12-28,2-4-23)29-10-14(9-27-29)16-13(7-24)8-26-17-15(16)1-5-25-17/h1,5,8-10H,2-3,6,11-12H2,(H,25,26). The SMILES string of the molecule is N#CCC1(n2cc(-c3c(C#N)cnc4[nH]ccc34)cn2)CN(S(=O)CCC(F)(F)F)C1. The predicted octanol–water partition coefficient (Wildman–Crippen LogP) is 2.84. The van der Waals surface area contributed by atoms with Crippen LogP contribution in [0.3, 0.4) is 0 Å². The van der Waals surface area contributed by atoms with Gasteiger partial charge in [0, 0.05) is 53.9 Å². The van der Waals surface area contributed by atoms with Gasteiger partial charge in [-0.3, -0.25) is 4.68 Å². The maximum Gasteiger partial charge on any atom is 0.390 e. The van der Waals surface area contributed by atoms with Crippen molar-refractivity contribution in [3.63, 3.8) is 0 Å². The lowest BCUT2D eigenvalue weighted by Crippen LogP contribution is -2.63. The minimum absolute atomic E-state index is 0.0576. The zero-order valence-corrected chi connectivity index (χ0v) is 16.9. The lowest BCUT2D eigenvalue weighted by molar-refractivity contribution is -0.130. The van der Waals surface area contributed by atoms with Crippen molar-refractivity contribution in [1.29, 1.82) is 10.5 Å². The molecule has 4 rings (SSSR count). The summed E-state index contributed by atoms with van der Waals surface area (Å²) in [5.41, 5.74) is 1.49. The van der Waals surface area contributed by atoms with Crippen molar-refractivity contribution in [2.45, 2.75) is 24.6 Å². The van der Waals surface area contributed by atoms with Gasteiger partial charge in [-0.1, -0.05) is 0 Å². The number of rotatable bonds is 6. The summed E-state index contributed by atoms with van der Waals surface area (Å²) in [5.74, 6) is -0.509. The molecule has 3 aromatic rings. The summed E-state index contributed by atoms with van der Waals surface area (Å²) < 4.78 is 52.4. The van der Waals surface area contributed by atoms with Gasteiger partial charge in [-0.15, -0.1) is 0 Å². The van der Waals surface area contributed by atoms with Crippen molar-refractivity contribution in [1.82, 2.24) is 24.1 Å². The van der Waals surface area contributed by atoms with Crippen molar-refractivity contribution in [2.24, 2.45) is 0 Å². The van der Waals surface area contributed by atoms with Crippen LogP contribution in [0.5, 0.6) is 0 Å². The minimum atomic E-state index is -4.37. The van der Waals surface area contributed by atoms with Gasteiger partial charge in [0.1, 0.15) is 17.3 Å². The highest BCUT2D eigenvalue weighted by atomic mass is 32.2. The Morgan fingerprint density at radius 1 is 1.29 bits per heavy atom. The molecule has 0 aromatic carbocycles. The van der Waals surface area contributed by atoms with Crippen LogP contribution in [-0.4, -0.2) is 53.3 Å². The normalized spacial score (nSPS) is 17.1. The third kappa shape index (κ3) is 3.92. The van der Waals surface area contributed by atoms with Gasteiger partial charge in [0.2, 0.25) is 0 Å². The van der Waals surface area contributed by atoms with Gasteiger partial charge in [0.05, 0.1) is 41.7 Å². The van der Waals surface area contributed by atoms with Gasteiger partial charge in [-0.25, -0.2) is 13.5 Å². The molecule has 0 bridgehead atoms. The van der Waals surface area contributed by atoms with E-state index >= 15 is 0 Å². The molecule has 31 heavy (non-hydrogen) atoms. The molecule has 0 aliphatic carbocycles. The minimum Gasteiger partial charge on any atom is -0.346 e. The van der Waals surface area contributed by atoms with Crippen molar-refractivity contribution in [2.75, 3.05) is 18.8 Å². The topological polar surface area (TPSA) is 114 Å². The van der Waals surface area contributed by atoms with E-state index < -0.39 is 34.9 Å². The van der Waals surface area contributed by atoms with Crippen molar-refractivity contribution in [3.05, 3.63) is 36.4 Å². The van der Waals surface area contributed by atoms with Gasteiger partial charge in [-0.05, 0) is 6.07 Å². The fraction of sp³-hybridized carbons (Fsp3) is 0.368. The number of aromatic amines is 1. The van der Waals surface area contributed by atoms with Gasteiger partial charge in [0.25, 0.3) is 0 Å². The second-order valence-corrected chi connectivity index (χ2v) is 8.89. The molecule has 0 spiro atoms. The number of hydrogen-bond donors (Lipinski definition) is 1. The Bertz CT molecular complexity index is 1230. The maximum atomic E-state index is 12.4. The molecule has 1 saturated heterocycles. The van der Waals surface area contributed by atoms with Crippen LogP contribution in [0.25, 0.3) is 22.2 Å². The first-order valence-electron chi connectivity index (χ1n) is 9.25. The zero-order chi connectivity index (χ0) is 22.2. The number of alkyl halides is 3. The number of hydrogen-bond acceptors (Lipinski definition) is 5. The van der Waals surface area contributed by atoms with E-state index in [-0.39, 0.29) is 19.5 Å². The van der Waals surface area contributed by atoms with Crippen molar-refractivity contribution < 1.29 is 17.4 Å². The zero-order valence-electron chi connectivity index (χ0n) is 16.1. The molecular weight excluding hydrogens is 431 g/mol. The number of aromatic nitrogens is 4. The average molecular weight is 447 g/mol. The van der Waals surface area contributed by atoms with E-state index in [4.69, 9.17) is 0 Å². The van der Waals surface area contributed by atoms with Gasteiger partial charge in [-0.2, -0.15) is 28.8 Å². The van der Waals surface area contributed by atoms with E-state index in [1.54, 1.807) is 29.3 Å². The molecule has 4 heterocycles. The number of halogens is 3. The third-order valence-corrected chi connectivity index (χ3v) is 6.65. The highest BCUT2D eigenvalue weighted by molar-refractivity contribution is 7.82. The maximum absolute atomic E-state index is 12.4. The quantitative estimate of drug-likeness (QED) is 0.624. The Morgan fingerprint density at radius 3 is 2.74 bits per heavy atom. The summed E-state index contributed by atoms with van der Waals surface area (Å²) in [5, 5.41) is 23.9. The summed E-state index contributed by atoms with van der Waals surface area (Å²) in [6.45, 7) is 0.292. The number of pyridine rings is 1. The van der Waals surface area contributed by atoms with Crippen LogP contribution in [0.15, 0.2) is 30.9 Å². The largest absolute Gasteiger partial charge is 0.390 e. The van der Waals surface area contributed by atoms with E-state index in [1.807, 2.05) is 0 Å². The van der Waals surface area contributed by atoms with Crippen LogP contribution in [0, 0.1) is 22.7 Å². The molecule has 8 nitrogen and oxygen atoms in total. The fourth-order valence-corrected chi connectivity index (χ4v) is 5.12. The summed E-state index contributed by atoms with van der Waals surface area (Å²) in [7, 11) is -1.79. The first-order chi connectivity index (χ1) is 14.8. The Morgan fingerprint density at radius 2 is 2.06 bits per heavy atom. The van der Waals surface area contributed by atoms with E-state index in [2.05, 4.69) is 27.2 Å². The smallest absolute Gasteiger partial charge is 0.346 e. The van der Waals surface area contributed by atoms with E-state index in [0.29, 0.717) is 22.3 Å². The number of H-pyrrole nitrogens is 1. The molecule has 1 fully saturated rings. The van der Waals surface area contributed by atoms with Gasteiger partial charge in [0.15, 0.2) is 0 Å². The molecule has 1 atom stereocenters. The summed E-state index contributed by atoms with van der Waals surface area (Å²) in [6.07, 6.45) is 1.02. The summed E-state index contributed by atoms with van der Waals surface area (Å²) in [6, 6.07) is 6.01. The predicted molar refractivity (Wildman–Crippen MR) is 105 cm³/mol. The molecule has 1 unspecified atom stereocenters. The van der Waals surface area contributed by atoms with Crippen molar-refractivity contribution >= 4 is 22.0 Å². The van der Waals surface area contributed by atoms with Crippen LogP contribution in [0.4, 0.5) is 13.2 Å². The molecule has 1 N–H and O–H groups in total. The third-order valence-electron chi connectivity index (χ3n) is 5.26. The number of nitrogens with one attached hydrogen (secondary N) is 1. The van der Waals surface area contributed by atoms with Crippen LogP contribution >= 0.6 is 0 Å². The molecule has 0 radical (unpaired) electrons. The molecule has 12 heteroatoms. The number of nitrogens with zero attached hydrogens (tertiary/aromatic N) is 6. The lowest BCUT2D eigenvalue weighted by atomic mass is 9.89. The number of nitriles is 2. The van der Waals surface area contributed by atoms with Crippen LogP contribution in [0.1, 0.15) is 18.4 Å². The highest BCUT2D eigenvalue weighted by Crippen LogP contribution is 2.36. The molecule has 160 valence electrons. The van der Waals surface area contributed by atoms with Crippen LogP contribution in [-0.2, 0) is 16.5 Å². The van der Waals surface area contributed by atoms with E-state index in [1.165, 1.54) is 10.5 Å². The molecule has 3 aromatic heterocycles. The highest BCUT2D eigenvalue weighted by Gasteiger charge is 2.48. The first-order valence-corrected chi connectivity index (χ1v) is 10.5. The fourth-order valence-electron chi connectivity index (χ4n) is 3.69. The molecule has 1 aliphatic heterocycles. The van der Waals surface area contributed by atoms with E-state index in [9.17, 15) is 27.9 Å². The first kappa shape index (κ1) is 21.0. The molecule has 0 saturated carbocycles. The van der Waals surface area contributed by atoms with Crippen LogP contribution in [0.2, 0.25) is 0 Å². The Labute approximate surface area is 177 Å². The Hall–Kier alpha value is -3.22. The summed E-state index contributed by atoms with van der Waals surface area (Å²) >= 11 is 0. The lowest BCUT2D eigenvalue weighted by Gasteiger charge is -2.47. The second-order valence-electron chi connectivity index (χ2n) is 7.32. The van der Waals surface area contributed by atoms with Gasteiger partial charge >= 0.3 is 6.18 Å². The average Bonchev–Trinajstić information content (AvgIpc) is 3.36. The molecule has 0 amide bonds.